The maximum absolute atomic E-state index is 12.8. The summed E-state index contributed by atoms with van der Waals surface area (Å²) in [6.07, 6.45) is -1.20. The zero-order valence-corrected chi connectivity index (χ0v) is 16.6. The van der Waals surface area contributed by atoms with Crippen molar-refractivity contribution in [3.8, 4) is 0 Å². The third-order valence-corrected chi connectivity index (χ3v) is 5.47. The molecule has 0 saturated heterocycles. The van der Waals surface area contributed by atoms with Crippen LogP contribution in [0.4, 0.5) is 18.9 Å². The average molecular weight is 426 g/mol. The van der Waals surface area contributed by atoms with Crippen LogP contribution in [0.3, 0.4) is 0 Å². The SMILES string of the molecule is FC(F)(F)C1=NN=C(c2ccc(CN(Sc3cccnc3)c3ccccc3)cc2)C1. The topological polar surface area (TPSA) is 40.9 Å². The normalized spacial score (nSPS) is 13.7. The number of nitrogens with zero attached hydrogens (tertiary/aromatic N) is 4. The predicted octanol–water partition coefficient (Wildman–Crippen LogP) is 5.91. The number of aromatic nitrogens is 1. The summed E-state index contributed by atoms with van der Waals surface area (Å²) in [5.41, 5.74) is 2.18. The molecule has 4 nitrogen and oxygen atoms in total. The van der Waals surface area contributed by atoms with E-state index in [4.69, 9.17) is 0 Å². The van der Waals surface area contributed by atoms with Gasteiger partial charge < -0.3 is 4.31 Å². The molecule has 8 heteroatoms. The lowest BCUT2D eigenvalue weighted by Gasteiger charge is -2.23. The Morgan fingerprint density at radius 1 is 0.900 bits per heavy atom. The van der Waals surface area contributed by atoms with Gasteiger partial charge in [-0.1, -0.05) is 42.5 Å². The number of para-hydroxylation sites is 1. The fourth-order valence-electron chi connectivity index (χ4n) is 2.93. The molecule has 1 aromatic heterocycles. The monoisotopic (exact) mass is 426 g/mol. The van der Waals surface area contributed by atoms with Crippen LogP contribution < -0.4 is 4.31 Å². The minimum atomic E-state index is -4.44. The molecular formula is C22H17F3N4S. The van der Waals surface area contributed by atoms with Crippen molar-refractivity contribution in [1.29, 1.82) is 0 Å². The summed E-state index contributed by atoms with van der Waals surface area (Å²) in [5.74, 6) is 0. The Balaban J connectivity index is 1.49. The van der Waals surface area contributed by atoms with Gasteiger partial charge >= 0.3 is 6.18 Å². The van der Waals surface area contributed by atoms with Gasteiger partial charge in [-0.15, -0.1) is 5.10 Å². The molecule has 3 aromatic rings. The minimum Gasteiger partial charge on any atom is -0.308 e. The third-order valence-electron chi connectivity index (χ3n) is 4.46. The Hall–Kier alpha value is -3.13. The van der Waals surface area contributed by atoms with E-state index in [1.54, 1.807) is 36.5 Å². The number of hydrogen-bond acceptors (Lipinski definition) is 5. The predicted molar refractivity (Wildman–Crippen MR) is 114 cm³/mol. The Kier molecular flexibility index (Phi) is 5.85. The van der Waals surface area contributed by atoms with Crippen LogP contribution in [0.1, 0.15) is 17.5 Å². The molecule has 0 atom stereocenters. The van der Waals surface area contributed by atoms with Crippen molar-refractivity contribution < 1.29 is 13.2 Å². The summed E-state index contributed by atoms with van der Waals surface area (Å²) in [7, 11) is 0. The van der Waals surface area contributed by atoms with E-state index in [1.807, 2.05) is 54.6 Å². The van der Waals surface area contributed by atoms with Crippen LogP contribution in [0.2, 0.25) is 0 Å². The van der Waals surface area contributed by atoms with E-state index in [0.717, 1.165) is 16.1 Å². The van der Waals surface area contributed by atoms with Crippen molar-refractivity contribution in [2.45, 2.75) is 24.0 Å². The lowest BCUT2D eigenvalue weighted by Crippen LogP contribution is -2.23. The summed E-state index contributed by atoms with van der Waals surface area (Å²) in [4.78, 5) is 5.18. The molecule has 1 aliphatic heterocycles. The fraction of sp³-hybridized carbons (Fsp3) is 0.136. The van der Waals surface area contributed by atoms with Gasteiger partial charge in [-0.3, -0.25) is 4.98 Å². The van der Waals surface area contributed by atoms with E-state index in [-0.39, 0.29) is 6.42 Å². The van der Waals surface area contributed by atoms with Gasteiger partial charge in [-0.05, 0) is 47.3 Å². The largest absolute Gasteiger partial charge is 0.431 e. The van der Waals surface area contributed by atoms with Crippen molar-refractivity contribution >= 4 is 29.1 Å². The van der Waals surface area contributed by atoms with Crippen LogP contribution in [0.5, 0.6) is 0 Å². The van der Waals surface area contributed by atoms with E-state index in [1.165, 1.54) is 0 Å². The first kappa shape index (κ1) is 20.2. The van der Waals surface area contributed by atoms with Crippen molar-refractivity contribution in [1.82, 2.24) is 4.98 Å². The summed E-state index contributed by atoms with van der Waals surface area (Å²) in [5, 5.41) is 7.00. The molecule has 152 valence electrons. The number of benzene rings is 2. The van der Waals surface area contributed by atoms with Gasteiger partial charge in [0.15, 0.2) is 0 Å². The zero-order chi connectivity index (χ0) is 21.0. The van der Waals surface area contributed by atoms with Crippen LogP contribution in [-0.4, -0.2) is 22.6 Å². The second-order valence-electron chi connectivity index (χ2n) is 6.62. The third kappa shape index (κ3) is 4.88. The lowest BCUT2D eigenvalue weighted by molar-refractivity contribution is -0.0596. The van der Waals surface area contributed by atoms with Crippen molar-refractivity contribution in [3.63, 3.8) is 0 Å². The van der Waals surface area contributed by atoms with Gasteiger partial charge in [0, 0.05) is 29.4 Å². The van der Waals surface area contributed by atoms with E-state index >= 15 is 0 Å². The molecule has 0 spiro atoms. The summed E-state index contributed by atoms with van der Waals surface area (Å²) >= 11 is 1.57. The first-order chi connectivity index (χ1) is 14.5. The van der Waals surface area contributed by atoms with Crippen LogP contribution in [0.25, 0.3) is 0 Å². The second kappa shape index (κ2) is 8.71. The van der Waals surface area contributed by atoms with Crippen LogP contribution >= 0.6 is 11.9 Å². The standard InChI is InChI=1S/C22H17F3N4S/c23-22(24,25)21-13-20(27-28-21)17-10-8-16(9-11-17)15-29(18-5-2-1-3-6-18)30-19-7-4-12-26-14-19/h1-12,14H,13,15H2. The molecule has 1 aliphatic rings. The molecule has 0 fully saturated rings. The fourth-order valence-corrected chi connectivity index (χ4v) is 3.88. The van der Waals surface area contributed by atoms with Gasteiger partial charge in [-0.2, -0.15) is 18.3 Å². The number of anilines is 1. The van der Waals surface area contributed by atoms with E-state index in [9.17, 15) is 13.2 Å². The number of hydrogen-bond donors (Lipinski definition) is 0. The van der Waals surface area contributed by atoms with E-state index in [0.29, 0.717) is 17.8 Å². The summed E-state index contributed by atoms with van der Waals surface area (Å²) in [6, 6.07) is 21.3. The van der Waals surface area contributed by atoms with Crippen LogP contribution in [-0.2, 0) is 6.54 Å². The van der Waals surface area contributed by atoms with Gasteiger partial charge in [0.2, 0.25) is 0 Å². The smallest absolute Gasteiger partial charge is 0.308 e. The zero-order valence-electron chi connectivity index (χ0n) is 15.8. The van der Waals surface area contributed by atoms with Crippen LogP contribution in [0, 0.1) is 0 Å². The van der Waals surface area contributed by atoms with E-state index in [2.05, 4.69) is 19.5 Å². The maximum Gasteiger partial charge on any atom is 0.431 e. The van der Waals surface area contributed by atoms with Gasteiger partial charge in [0.25, 0.3) is 0 Å². The second-order valence-corrected chi connectivity index (χ2v) is 7.71. The Morgan fingerprint density at radius 3 is 2.30 bits per heavy atom. The average Bonchev–Trinajstić information content (AvgIpc) is 3.26. The molecule has 2 aromatic carbocycles. The molecule has 0 radical (unpaired) electrons. The Morgan fingerprint density at radius 2 is 1.67 bits per heavy atom. The molecule has 0 unspecified atom stereocenters. The first-order valence-electron chi connectivity index (χ1n) is 9.19. The molecule has 0 aliphatic carbocycles. The first-order valence-corrected chi connectivity index (χ1v) is 9.97. The molecular weight excluding hydrogens is 409 g/mol. The molecule has 2 heterocycles. The molecule has 4 rings (SSSR count). The highest BCUT2D eigenvalue weighted by molar-refractivity contribution is 8.00. The number of alkyl halides is 3. The van der Waals surface area contributed by atoms with Gasteiger partial charge in [0.1, 0.15) is 5.71 Å². The van der Waals surface area contributed by atoms with Crippen molar-refractivity contribution in [2.75, 3.05) is 4.31 Å². The van der Waals surface area contributed by atoms with Crippen molar-refractivity contribution in [2.24, 2.45) is 10.2 Å². The van der Waals surface area contributed by atoms with E-state index < -0.39 is 11.9 Å². The number of halogens is 3. The molecule has 0 N–H and O–H groups in total. The van der Waals surface area contributed by atoms with Crippen LogP contribution in [0.15, 0.2) is 94.2 Å². The molecule has 0 bridgehead atoms. The Bertz CT molecular complexity index is 1050. The Labute approximate surface area is 176 Å². The lowest BCUT2D eigenvalue weighted by atomic mass is 10.0. The number of rotatable bonds is 6. The minimum absolute atomic E-state index is 0.296. The quantitative estimate of drug-likeness (QED) is 0.461. The number of pyridine rings is 1. The molecule has 0 saturated carbocycles. The summed E-state index contributed by atoms with van der Waals surface area (Å²) in [6.45, 7) is 0.612. The molecule has 30 heavy (non-hydrogen) atoms. The van der Waals surface area contributed by atoms with Gasteiger partial charge in [-0.25, -0.2) is 0 Å². The highest BCUT2D eigenvalue weighted by atomic mass is 32.2. The highest BCUT2D eigenvalue weighted by Crippen LogP contribution is 2.30. The maximum atomic E-state index is 12.8. The summed E-state index contributed by atoms with van der Waals surface area (Å²) < 4.78 is 40.5. The van der Waals surface area contributed by atoms with Gasteiger partial charge in [0.05, 0.1) is 12.3 Å². The highest BCUT2D eigenvalue weighted by Gasteiger charge is 2.38. The van der Waals surface area contributed by atoms with Crippen molar-refractivity contribution in [3.05, 3.63) is 90.3 Å². The molecule has 0 amide bonds.